The Bertz CT molecular complexity index is 524. The molecule has 1 aromatic carbocycles. The molecular formula is C15H25N3O3. The molecule has 0 fully saturated rings. The van der Waals surface area contributed by atoms with Gasteiger partial charge >= 0.3 is 5.95 Å². The SMILES string of the molecule is C.C.CC.Cn1c(COc2ccccc2)cnc1[N+](=O)[O-]. The molecule has 0 amide bonds. The molecule has 0 aliphatic heterocycles. The minimum atomic E-state index is -0.522. The van der Waals surface area contributed by atoms with Gasteiger partial charge in [-0.05, 0) is 17.1 Å². The van der Waals surface area contributed by atoms with Gasteiger partial charge in [-0.25, -0.2) is 4.57 Å². The van der Waals surface area contributed by atoms with Gasteiger partial charge in [0.05, 0.1) is 7.05 Å². The van der Waals surface area contributed by atoms with Crippen LogP contribution < -0.4 is 4.74 Å². The van der Waals surface area contributed by atoms with Crippen molar-refractivity contribution in [3.05, 3.63) is 52.3 Å². The van der Waals surface area contributed by atoms with Crippen LogP contribution in [0.3, 0.4) is 0 Å². The molecule has 0 atom stereocenters. The van der Waals surface area contributed by atoms with E-state index in [4.69, 9.17) is 4.74 Å². The number of aromatic nitrogens is 2. The van der Waals surface area contributed by atoms with Crippen molar-refractivity contribution in [1.82, 2.24) is 9.55 Å². The molecule has 1 aromatic heterocycles. The molecule has 0 saturated carbocycles. The first-order valence-electron chi connectivity index (χ1n) is 6.01. The average molecular weight is 295 g/mol. The summed E-state index contributed by atoms with van der Waals surface area (Å²) in [6.07, 6.45) is 1.45. The average Bonchev–Trinajstić information content (AvgIpc) is 2.81. The van der Waals surface area contributed by atoms with E-state index in [9.17, 15) is 10.1 Å². The van der Waals surface area contributed by atoms with E-state index in [1.165, 1.54) is 10.8 Å². The quantitative estimate of drug-likeness (QED) is 0.626. The third kappa shape index (κ3) is 5.64. The second-order valence-corrected chi connectivity index (χ2v) is 3.47. The number of rotatable bonds is 4. The second-order valence-electron chi connectivity index (χ2n) is 3.47. The zero-order valence-corrected chi connectivity index (χ0v) is 11.2. The highest BCUT2D eigenvalue weighted by molar-refractivity contribution is 5.22. The summed E-state index contributed by atoms with van der Waals surface area (Å²) in [5.74, 6) is 0.535. The van der Waals surface area contributed by atoms with Crippen LogP contribution in [0.2, 0.25) is 0 Å². The summed E-state index contributed by atoms with van der Waals surface area (Å²) in [4.78, 5) is 13.8. The lowest BCUT2D eigenvalue weighted by Gasteiger charge is -2.04. The summed E-state index contributed by atoms with van der Waals surface area (Å²) in [6, 6.07) is 9.26. The standard InChI is InChI=1S/C11H11N3O3.C2H6.2CH4/c1-13-9(7-12-11(13)14(15)16)8-17-10-5-3-2-4-6-10;1-2;;/h2-7H,8H2,1H3;1-2H3;2*1H4. The topological polar surface area (TPSA) is 70.2 Å². The summed E-state index contributed by atoms with van der Waals surface area (Å²) in [6.45, 7) is 4.25. The molecule has 0 saturated heterocycles. The Hall–Kier alpha value is -2.37. The maximum Gasteiger partial charge on any atom is 0.434 e. The molecule has 6 heteroatoms. The lowest BCUT2D eigenvalue weighted by atomic mass is 10.3. The molecule has 0 spiro atoms. The van der Waals surface area contributed by atoms with E-state index in [-0.39, 0.29) is 27.4 Å². The van der Waals surface area contributed by atoms with E-state index in [1.807, 2.05) is 44.2 Å². The molecule has 0 radical (unpaired) electrons. The van der Waals surface area contributed by atoms with Gasteiger partial charge in [0.2, 0.25) is 0 Å². The van der Waals surface area contributed by atoms with Gasteiger partial charge in [-0.15, -0.1) is 0 Å². The van der Waals surface area contributed by atoms with Crippen molar-refractivity contribution in [3.63, 3.8) is 0 Å². The normalized spacial score (nSPS) is 8.52. The van der Waals surface area contributed by atoms with Gasteiger partial charge < -0.3 is 14.9 Å². The largest absolute Gasteiger partial charge is 0.486 e. The Labute approximate surface area is 126 Å². The van der Waals surface area contributed by atoms with Crippen LogP contribution in [0.1, 0.15) is 34.4 Å². The Kier molecular flexibility index (Phi) is 10.4. The summed E-state index contributed by atoms with van der Waals surface area (Å²) < 4.78 is 6.89. The van der Waals surface area contributed by atoms with E-state index < -0.39 is 4.92 Å². The van der Waals surface area contributed by atoms with Crippen LogP contribution in [0.15, 0.2) is 36.5 Å². The minimum Gasteiger partial charge on any atom is -0.486 e. The molecule has 0 N–H and O–H groups in total. The molecule has 1 heterocycles. The molecule has 0 aliphatic carbocycles. The summed E-state index contributed by atoms with van der Waals surface area (Å²) in [7, 11) is 1.59. The fourth-order valence-corrected chi connectivity index (χ4v) is 1.41. The lowest BCUT2D eigenvalue weighted by molar-refractivity contribution is -0.396. The lowest BCUT2D eigenvalue weighted by Crippen LogP contribution is -2.04. The number of nitrogens with zero attached hydrogens (tertiary/aromatic N) is 3. The highest BCUT2D eigenvalue weighted by Crippen LogP contribution is 2.14. The van der Waals surface area contributed by atoms with Gasteiger partial charge in [0, 0.05) is 0 Å². The predicted octanol–water partition coefficient (Wildman–Crippen LogP) is 4.21. The third-order valence-corrected chi connectivity index (χ3v) is 2.35. The first-order chi connectivity index (χ1) is 9.18. The van der Waals surface area contributed by atoms with E-state index in [2.05, 4.69) is 4.98 Å². The van der Waals surface area contributed by atoms with E-state index in [0.717, 1.165) is 5.75 Å². The minimum absolute atomic E-state index is 0. The smallest absolute Gasteiger partial charge is 0.434 e. The first-order valence-corrected chi connectivity index (χ1v) is 6.01. The first kappa shape index (κ1) is 20.9. The van der Waals surface area contributed by atoms with Crippen molar-refractivity contribution in [2.24, 2.45) is 7.05 Å². The van der Waals surface area contributed by atoms with Crippen LogP contribution >= 0.6 is 0 Å². The molecule has 0 unspecified atom stereocenters. The number of benzene rings is 1. The van der Waals surface area contributed by atoms with Crippen molar-refractivity contribution < 1.29 is 9.66 Å². The van der Waals surface area contributed by atoms with Gasteiger partial charge in [0.25, 0.3) is 0 Å². The zero-order chi connectivity index (χ0) is 14.3. The molecule has 2 rings (SSSR count). The maximum absolute atomic E-state index is 10.6. The number of imidazole rings is 1. The third-order valence-electron chi connectivity index (χ3n) is 2.35. The maximum atomic E-state index is 10.6. The van der Waals surface area contributed by atoms with Crippen molar-refractivity contribution in [3.8, 4) is 5.75 Å². The Morgan fingerprint density at radius 2 is 1.81 bits per heavy atom. The predicted molar refractivity (Wildman–Crippen MR) is 85.4 cm³/mol. The van der Waals surface area contributed by atoms with Crippen molar-refractivity contribution in [1.29, 1.82) is 0 Å². The molecule has 0 aliphatic rings. The zero-order valence-electron chi connectivity index (χ0n) is 11.2. The molecule has 0 bridgehead atoms. The monoisotopic (exact) mass is 295 g/mol. The number of hydrogen-bond donors (Lipinski definition) is 0. The fourth-order valence-electron chi connectivity index (χ4n) is 1.41. The van der Waals surface area contributed by atoms with Crippen LogP contribution in [0.4, 0.5) is 5.95 Å². The highest BCUT2D eigenvalue weighted by Gasteiger charge is 2.17. The highest BCUT2D eigenvalue weighted by atomic mass is 16.6. The Morgan fingerprint density at radius 1 is 1.24 bits per heavy atom. The number of para-hydroxylation sites is 1. The second kappa shape index (κ2) is 10.4. The molecule has 118 valence electrons. The van der Waals surface area contributed by atoms with Gasteiger partial charge in [0.15, 0.2) is 5.69 Å². The number of hydrogen-bond acceptors (Lipinski definition) is 4. The van der Waals surface area contributed by atoms with Gasteiger partial charge in [-0.1, -0.05) is 51.9 Å². The van der Waals surface area contributed by atoms with Crippen LogP contribution in [0.5, 0.6) is 5.75 Å². The van der Waals surface area contributed by atoms with E-state index in [0.29, 0.717) is 5.69 Å². The van der Waals surface area contributed by atoms with Gasteiger partial charge in [-0.2, -0.15) is 0 Å². The molecular weight excluding hydrogens is 270 g/mol. The molecule has 2 aromatic rings. The molecule has 21 heavy (non-hydrogen) atoms. The number of ether oxygens (including phenoxy) is 1. The van der Waals surface area contributed by atoms with Crippen LogP contribution in [-0.4, -0.2) is 14.5 Å². The summed E-state index contributed by atoms with van der Waals surface area (Å²) in [5.41, 5.74) is 0.653. The summed E-state index contributed by atoms with van der Waals surface area (Å²) in [5, 5.41) is 10.6. The van der Waals surface area contributed by atoms with Crippen LogP contribution in [0, 0.1) is 10.1 Å². The van der Waals surface area contributed by atoms with Crippen LogP contribution in [-0.2, 0) is 13.7 Å². The van der Waals surface area contributed by atoms with Crippen molar-refractivity contribution in [2.75, 3.05) is 0 Å². The Balaban J connectivity index is 0. The van der Waals surface area contributed by atoms with Crippen molar-refractivity contribution >= 4 is 5.95 Å². The van der Waals surface area contributed by atoms with E-state index in [1.54, 1.807) is 7.05 Å². The summed E-state index contributed by atoms with van der Waals surface area (Å²) >= 11 is 0. The van der Waals surface area contributed by atoms with Gasteiger partial charge in [-0.3, -0.25) is 0 Å². The Morgan fingerprint density at radius 3 is 2.29 bits per heavy atom. The fraction of sp³-hybridized carbons (Fsp3) is 0.400. The van der Waals surface area contributed by atoms with Gasteiger partial charge in [0.1, 0.15) is 18.6 Å². The van der Waals surface area contributed by atoms with Crippen LogP contribution in [0.25, 0.3) is 0 Å². The van der Waals surface area contributed by atoms with E-state index >= 15 is 0 Å². The number of nitro groups is 1. The van der Waals surface area contributed by atoms with Crippen molar-refractivity contribution in [2.45, 2.75) is 35.3 Å². The molecule has 6 nitrogen and oxygen atoms in total.